The lowest BCUT2D eigenvalue weighted by atomic mass is 10.2. The summed E-state index contributed by atoms with van der Waals surface area (Å²) in [4.78, 5) is 11.3. The number of carbonyl (C=O) groups excluding carboxylic acids is 1. The second kappa shape index (κ2) is 7.73. The van der Waals surface area contributed by atoms with E-state index in [1.807, 2.05) is 30.3 Å². The Hall–Kier alpha value is -3.33. The lowest BCUT2D eigenvalue weighted by Gasteiger charge is -2.13. The lowest BCUT2D eigenvalue weighted by molar-refractivity contribution is -0.114. The third-order valence-electron chi connectivity index (χ3n) is 3.93. The van der Waals surface area contributed by atoms with Gasteiger partial charge in [0.15, 0.2) is 0 Å². The van der Waals surface area contributed by atoms with Crippen molar-refractivity contribution >= 4 is 27.3 Å². The number of hydrogen-bond donors (Lipinski definition) is 2. The normalized spacial score (nSPS) is 11.1. The molecule has 0 bridgehead atoms. The Bertz CT molecular complexity index is 1110. The van der Waals surface area contributed by atoms with E-state index in [1.165, 1.54) is 31.0 Å². The van der Waals surface area contributed by atoms with Crippen molar-refractivity contribution in [2.24, 2.45) is 0 Å². The molecule has 0 saturated carbocycles. The minimum absolute atomic E-state index is 0.0448. The molecular weight excluding hydrogens is 380 g/mol. The van der Waals surface area contributed by atoms with Crippen molar-refractivity contribution < 1.29 is 17.9 Å². The summed E-state index contributed by atoms with van der Waals surface area (Å²) in [6.45, 7) is 2.99. The van der Waals surface area contributed by atoms with Crippen LogP contribution in [0.25, 0.3) is 5.69 Å². The zero-order chi connectivity index (χ0) is 20.3. The number of anilines is 2. The number of aryl methyl sites for hydroxylation is 1. The monoisotopic (exact) mass is 400 g/mol. The molecule has 3 rings (SSSR count). The fourth-order valence-electron chi connectivity index (χ4n) is 2.69. The van der Waals surface area contributed by atoms with Gasteiger partial charge in [-0.1, -0.05) is 18.2 Å². The number of sulfonamides is 1. The van der Waals surface area contributed by atoms with E-state index in [-0.39, 0.29) is 16.5 Å². The van der Waals surface area contributed by atoms with E-state index < -0.39 is 10.0 Å². The summed E-state index contributed by atoms with van der Waals surface area (Å²) in [6, 6.07) is 13.9. The number of aromatic nitrogens is 2. The van der Waals surface area contributed by atoms with Crippen LogP contribution in [-0.4, -0.2) is 31.2 Å². The highest BCUT2D eigenvalue weighted by Gasteiger charge is 2.22. The van der Waals surface area contributed by atoms with Gasteiger partial charge >= 0.3 is 0 Å². The molecule has 0 aliphatic rings. The number of nitrogens with zero attached hydrogens (tertiary/aromatic N) is 2. The van der Waals surface area contributed by atoms with Gasteiger partial charge in [-0.15, -0.1) is 0 Å². The van der Waals surface area contributed by atoms with Crippen molar-refractivity contribution in [1.82, 2.24) is 9.78 Å². The van der Waals surface area contributed by atoms with Crippen LogP contribution in [0, 0.1) is 6.92 Å². The van der Waals surface area contributed by atoms with Gasteiger partial charge in [0.05, 0.1) is 30.4 Å². The lowest BCUT2D eigenvalue weighted by Crippen LogP contribution is -2.15. The topological polar surface area (TPSA) is 102 Å². The molecule has 0 radical (unpaired) electrons. The van der Waals surface area contributed by atoms with Gasteiger partial charge in [-0.05, 0) is 37.3 Å². The van der Waals surface area contributed by atoms with Crippen LogP contribution in [0.3, 0.4) is 0 Å². The fourth-order valence-corrected chi connectivity index (χ4v) is 3.92. The Labute approximate surface area is 163 Å². The van der Waals surface area contributed by atoms with E-state index in [2.05, 4.69) is 15.1 Å². The molecule has 0 fully saturated rings. The first kappa shape index (κ1) is 19.4. The molecule has 1 amide bonds. The molecule has 28 heavy (non-hydrogen) atoms. The average Bonchev–Trinajstić information content (AvgIpc) is 3.05. The number of amides is 1. The van der Waals surface area contributed by atoms with E-state index in [9.17, 15) is 13.2 Å². The van der Waals surface area contributed by atoms with Crippen molar-refractivity contribution in [3.8, 4) is 11.4 Å². The van der Waals surface area contributed by atoms with E-state index in [4.69, 9.17) is 4.74 Å². The second-order valence-electron chi connectivity index (χ2n) is 6.06. The smallest absolute Gasteiger partial charge is 0.265 e. The number of para-hydroxylation sites is 1. The molecule has 1 heterocycles. The number of benzene rings is 2. The molecule has 1 aromatic heterocycles. The third-order valence-corrected chi connectivity index (χ3v) is 5.40. The molecule has 0 atom stereocenters. The molecular formula is C19H20N4O4S. The number of nitrogens with one attached hydrogen (secondary N) is 2. The van der Waals surface area contributed by atoms with Crippen molar-refractivity contribution in [3.63, 3.8) is 0 Å². The highest BCUT2D eigenvalue weighted by Crippen LogP contribution is 2.30. The van der Waals surface area contributed by atoms with Gasteiger partial charge in [0.25, 0.3) is 10.0 Å². The summed E-state index contributed by atoms with van der Waals surface area (Å²) in [6.07, 6.45) is 1.46. The van der Waals surface area contributed by atoms with Gasteiger partial charge in [-0.2, -0.15) is 5.10 Å². The van der Waals surface area contributed by atoms with E-state index in [0.29, 0.717) is 17.1 Å². The van der Waals surface area contributed by atoms with Gasteiger partial charge in [0, 0.05) is 12.6 Å². The van der Waals surface area contributed by atoms with Gasteiger partial charge in [-0.25, -0.2) is 13.1 Å². The van der Waals surface area contributed by atoms with Crippen molar-refractivity contribution in [1.29, 1.82) is 0 Å². The standard InChI is InChI=1S/C19H20N4O4S/c1-13-19(12-23(21-13)16-7-5-4-6-8-16)28(25,26)22-17-11-15(20-14(2)24)9-10-18(17)27-3/h4-12,22H,1-3H3,(H,20,24). The largest absolute Gasteiger partial charge is 0.495 e. The molecule has 0 spiro atoms. The molecule has 2 aromatic carbocycles. The molecule has 0 saturated heterocycles. The molecule has 0 unspecified atom stereocenters. The SMILES string of the molecule is COc1ccc(NC(C)=O)cc1NS(=O)(=O)c1cn(-c2ccccc2)nc1C. The maximum atomic E-state index is 13.0. The first-order valence-electron chi connectivity index (χ1n) is 8.40. The van der Waals surface area contributed by atoms with Gasteiger partial charge in [-0.3, -0.25) is 9.52 Å². The molecule has 0 aliphatic heterocycles. The first-order chi connectivity index (χ1) is 13.3. The van der Waals surface area contributed by atoms with Gasteiger partial charge in [0.1, 0.15) is 10.6 Å². The summed E-state index contributed by atoms with van der Waals surface area (Å²) >= 11 is 0. The maximum Gasteiger partial charge on any atom is 0.265 e. The number of rotatable bonds is 6. The van der Waals surface area contributed by atoms with Crippen LogP contribution in [0.5, 0.6) is 5.75 Å². The molecule has 3 aromatic rings. The number of carbonyl (C=O) groups is 1. The highest BCUT2D eigenvalue weighted by atomic mass is 32.2. The summed E-state index contributed by atoms with van der Waals surface area (Å²) in [5.41, 5.74) is 1.76. The van der Waals surface area contributed by atoms with Crippen LogP contribution < -0.4 is 14.8 Å². The third kappa shape index (κ3) is 4.15. The summed E-state index contributed by atoms with van der Waals surface area (Å²) in [5, 5.41) is 6.91. The highest BCUT2D eigenvalue weighted by molar-refractivity contribution is 7.92. The van der Waals surface area contributed by atoms with Crippen LogP contribution in [-0.2, 0) is 14.8 Å². The first-order valence-corrected chi connectivity index (χ1v) is 9.88. The Morgan fingerprint density at radius 2 is 1.86 bits per heavy atom. The van der Waals surface area contributed by atoms with Crippen LogP contribution in [0.2, 0.25) is 0 Å². The molecule has 9 heteroatoms. The minimum atomic E-state index is -3.94. The van der Waals surface area contributed by atoms with Crippen LogP contribution in [0.15, 0.2) is 59.6 Å². The number of hydrogen-bond acceptors (Lipinski definition) is 5. The van der Waals surface area contributed by atoms with Crippen LogP contribution in [0.1, 0.15) is 12.6 Å². The maximum absolute atomic E-state index is 13.0. The summed E-state index contributed by atoms with van der Waals surface area (Å²) in [5.74, 6) is 0.0599. The van der Waals surface area contributed by atoms with E-state index in [0.717, 1.165) is 5.69 Å². The number of ether oxygens (including phenoxy) is 1. The predicted molar refractivity (Wildman–Crippen MR) is 106 cm³/mol. The summed E-state index contributed by atoms with van der Waals surface area (Å²) in [7, 11) is -2.50. The van der Waals surface area contributed by atoms with Crippen molar-refractivity contribution in [2.75, 3.05) is 17.1 Å². The van der Waals surface area contributed by atoms with E-state index >= 15 is 0 Å². The van der Waals surface area contributed by atoms with Crippen LogP contribution >= 0.6 is 0 Å². The Kier molecular flexibility index (Phi) is 5.36. The molecule has 146 valence electrons. The van der Waals surface area contributed by atoms with Crippen molar-refractivity contribution in [2.45, 2.75) is 18.7 Å². The predicted octanol–water partition coefficient (Wildman–Crippen LogP) is 2.95. The molecule has 2 N–H and O–H groups in total. The quantitative estimate of drug-likeness (QED) is 0.662. The Morgan fingerprint density at radius 1 is 1.14 bits per heavy atom. The second-order valence-corrected chi connectivity index (χ2v) is 7.71. The number of methoxy groups -OCH3 is 1. The zero-order valence-electron chi connectivity index (χ0n) is 15.6. The molecule has 0 aliphatic carbocycles. The van der Waals surface area contributed by atoms with Gasteiger partial charge in [0.2, 0.25) is 5.91 Å². The summed E-state index contributed by atoms with van der Waals surface area (Å²) < 4.78 is 35.2. The average molecular weight is 400 g/mol. The Morgan fingerprint density at radius 3 is 2.50 bits per heavy atom. The zero-order valence-corrected chi connectivity index (χ0v) is 16.4. The van der Waals surface area contributed by atoms with Gasteiger partial charge < -0.3 is 10.1 Å². The minimum Gasteiger partial charge on any atom is -0.495 e. The van der Waals surface area contributed by atoms with E-state index in [1.54, 1.807) is 19.1 Å². The fraction of sp³-hybridized carbons (Fsp3) is 0.158. The van der Waals surface area contributed by atoms with Crippen molar-refractivity contribution in [3.05, 3.63) is 60.4 Å². The van der Waals surface area contributed by atoms with Crippen LogP contribution in [0.4, 0.5) is 11.4 Å². The molecule has 8 nitrogen and oxygen atoms in total. The Balaban J connectivity index is 1.96.